The normalized spacial score (nSPS) is 19.3. The third-order valence-corrected chi connectivity index (χ3v) is 6.20. The molecule has 0 spiro atoms. The number of aromatic nitrogens is 2. The predicted molar refractivity (Wildman–Crippen MR) is 118 cm³/mol. The Labute approximate surface area is 195 Å². The highest BCUT2D eigenvalue weighted by atomic mass is 19.3. The van der Waals surface area contributed by atoms with Crippen molar-refractivity contribution in [2.24, 2.45) is 0 Å². The first-order chi connectivity index (χ1) is 16.1. The Morgan fingerprint density at radius 2 is 2.06 bits per heavy atom. The van der Waals surface area contributed by atoms with Gasteiger partial charge in [-0.05, 0) is 44.2 Å². The first kappa shape index (κ1) is 24.4. The zero-order valence-corrected chi connectivity index (χ0v) is 19.1. The van der Waals surface area contributed by atoms with Crippen LogP contribution < -0.4 is 10.6 Å². The molecule has 2 aromatic rings. The lowest BCUT2D eigenvalue weighted by atomic mass is 10.0. The van der Waals surface area contributed by atoms with Gasteiger partial charge < -0.3 is 15.4 Å². The zero-order valence-electron chi connectivity index (χ0n) is 19.1. The van der Waals surface area contributed by atoms with Crippen LogP contribution in [0.4, 0.5) is 23.4 Å². The van der Waals surface area contributed by atoms with Crippen LogP contribution >= 0.6 is 0 Å². The largest absolute Gasteiger partial charge is 0.373 e. The van der Waals surface area contributed by atoms with Crippen molar-refractivity contribution in [2.75, 3.05) is 11.9 Å². The van der Waals surface area contributed by atoms with Crippen LogP contribution in [-0.2, 0) is 28.4 Å². The van der Waals surface area contributed by atoms with Gasteiger partial charge in [0, 0.05) is 31.2 Å². The number of rotatable bonds is 9. The van der Waals surface area contributed by atoms with Gasteiger partial charge in [0.2, 0.25) is 5.91 Å². The maximum atomic E-state index is 13.7. The van der Waals surface area contributed by atoms with Crippen molar-refractivity contribution in [1.29, 1.82) is 0 Å². The molecule has 1 atom stereocenters. The van der Waals surface area contributed by atoms with E-state index in [1.165, 1.54) is 12.1 Å². The van der Waals surface area contributed by atoms with Gasteiger partial charge in [-0.2, -0.15) is 0 Å². The van der Waals surface area contributed by atoms with E-state index in [-0.39, 0.29) is 37.5 Å². The first-order valence-electron chi connectivity index (χ1n) is 11.4. The van der Waals surface area contributed by atoms with Crippen molar-refractivity contribution in [3.63, 3.8) is 0 Å². The lowest BCUT2D eigenvalue weighted by Gasteiger charge is -2.21. The van der Waals surface area contributed by atoms with Crippen LogP contribution in [0.25, 0.3) is 0 Å². The number of benzene rings is 1. The molecule has 1 amide bonds. The number of alkyl halides is 4. The summed E-state index contributed by atoms with van der Waals surface area (Å²) in [4.78, 5) is 21.6. The van der Waals surface area contributed by atoms with E-state index in [0.29, 0.717) is 41.5 Å². The molecule has 0 bridgehead atoms. The van der Waals surface area contributed by atoms with Crippen molar-refractivity contribution >= 4 is 11.7 Å². The highest BCUT2D eigenvalue weighted by Gasteiger charge is 2.52. The molecular weight excluding hydrogens is 452 g/mol. The topological polar surface area (TPSA) is 76.1 Å². The molecule has 4 rings (SSSR count). The summed E-state index contributed by atoms with van der Waals surface area (Å²) in [6.45, 7) is 3.29. The van der Waals surface area contributed by atoms with Crippen molar-refractivity contribution < 1.29 is 27.1 Å². The number of carbonyl (C=O) groups excluding carboxylic acids is 1. The third kappa shape index (κ3) is 5.48. The number of halogens is 4. The van der Waals surface area contributed by atoms with Crippen molar-refractivity contribution in [1.82, 2.24) is 15.3 Å². The Balaban J connectivity index is 1.58. The van der Waals surface area contributed by atoms with Crippen LogP contribution in [0, 0.1) is 6.92 Å². The Kier molecular flexibility index (Phi) is 6.80. The molecule has 2 aliphatic rings. The molecule has 1 unspecified atom stereocenters. The molecule has 2 N–H and O–H groups in total. The molecule has 6 nitrogen and oxygen atoms in total. The smallest absolute Gasteiger partial charge is 0.270 e. The number of carbonyl (C=O) groups is 1. The van der Waals surface area contributed by atoms with Crippen LogP contribution in [0.15, 0.2) is 24.3 Å². The van der Waals surface area contributed by atoms with Crippen molar-refractivity contribution in [3.05, 3.63) is 52.5 Å². The Morgan fingerprint density at radius 3 is 2.68 bits per heavy atom. The number of hydrogen-bond acceptors (Lipinski definition) is 5. The summed E-state index contributed by atoms with van der Waals surface area (Å²) in [6, 6.07) is 6.11. The molecule has 34 heavy (non-hydrogen) atoms. The van der Waals surface area contributed by atoms with E-state index in [1.807, 2.05) is 0 Å². The third-order valence-electron chi connectivity index (χ3n) is 6.20. The predicted octanol–water partition coefficient (Wildman–Crippen LogP) is 4.82. The quantitative estimate of drug-likeness (QED) is 0.504. The monoisotopic (exact) mass is 480 g/mol. The zero-order chi connectivity index (χ0) is 24.5. The van der Waals surface area contributed by atoms with E-state index in [9.17, 15) is 22.4 Å². The van der Waals surface area contributed by atoms with E-state index in [0.717, 1.165) is 13.3 Å². The Bertz CT molecular complexity index is 1050. The number of ether oxygens (including phenoxy) is 1. The summed E-state index contributed by atoms with van der Waals surface area (Å²) in [5, 5.41) is 5.66. The lowest BCUT2D eigenvalue weighted by Crippen LogP contribution is -2.43. The lowest BCUT2D eigenvalue weighted by molar-refractivity contribution is -0.122. The molecule has 1 saturated heterocycles. The molecule has 1 aliphatic carbocycles. The van der Waals surface area contributed by atoms with E-state index < -0.39 is 23.8 Å². The van der Waals surface area contributed by atoms with Gasteiger partial charge in [0.1, 0.15) is 17.2 Å². The van der Waals surface area contributed by atoms with Crippen molar-refractivity contribution in [2.45, 2.75) is 76.5 Å². The summed E-state index contributed by atoms with van der Waals surface area (Å²) in [5.74, 6) is -2.64. The first-order valence-corrected chi connectivity index (χ1v) is 11.4. The van der Waals surface area contributed by atoms with E-state index >= 15 is 0 Å². The highest BCUT2D eigenvalue weighted by Crippen LogP contribution is 2.41. The van der Waals surface area contributed by atoms with Gasteiger partial charge in [-0.3, -0.25) is 4.79 Å². The van der Waals surface area contributed by atoms with Crippen LogP contribution in [0.5, 0.6) is 0 Å². The van der Waals surface area contributed by atoms with Gasteiger partial charge in [-0.15, -0.1) is 0 Å². The van der Waals surface area contributed by atoms with Crippen LogP contribution in [0.3, 0.4) is 0 Å². The second-order valence-corrected chi connectivity index (χ2v) is 9.11. The molecular formula is C24H28F4N4O2. The number of nitrogens with zero attached hydrogens (tertiary/aromatic N) is 2. The number of hydrogen-bond donors (Lipinski definition) is 2. The Morgan fingerprint density at radius 1 is 1.29 bits per heavy atom. The van der Waals surface area contributed by atoms with Gasteiger partial charge in [-0.1, -0.05) is 18.2 Å². The average molecular weight is 481 g/mol. The molecule has 1 saturated carbocycles. The van der Waals surface area contributed by atoms with Crippen molar-refractivity contribution in [3.8, 4) is 0 Å². The minimum atomic E-state index is -2.96. The fourth-order valence-corrected chi connectivity index (χ4v) is 4.20. The summed E-state index contributed by atoms with van der Waals surface area (Å²) in [7, 11) is 0. The number of amides is 1. The van der Waals surface area contributed by atoms with Crippen LogP contribution in [0.1, 0.15) is 66.9 Å². The average Bonchev–Trinajstić information content (AvgIpc) is 3.34. The summed E-state index contributed by atoms with van der Waals surface area (Å²) in [6.07, 6.45) is -1.12. The van der Waals surface area contributed by atoms with Gasteiger partial charge >= 0.3 is 0 Å². The molecule has 2 fully saturated rings. The second kappa shape index (κ2) is 9.48. The van der Waals surface area contributed by atoms with E-state index in [2.05, 4.69) is 20.6 Å². The molecule has 184 valence electrons. The SMILES string of the molecule is Cc1nc(CC(=O)NC2(C(F)F)CC2)c(C2CCCO2)c(NCc2cccc(C(C)(F)F)c2)n1. The van der Waals surface area contributed by atoms with E-state index in [4.69, 9.17) is 4.74 Å². The highest BCUT2D eigenvalue weighted by molar-refractivity contribution is 5.80. The van der Waals surface area contributed by atoms with Gasteiger partial charge in [0.05, 0.1) is 18.2 Å². The summed E-state index contributed by atoms with van der Waals surface area (Å²) >= 11 is 0. The molecule has 0 radical (unpaired) electrons. The maximum absolute atomic E-state index is 13.7. The molecule has 10 heteroatoms. The Hall–Kier alpha value is -2.75. The molecule has 1 aliphatic heterocycles. The van der Waals surface area contributed by atoms with Gasteiger partial charge in [0.25, 0.3) is 12.3 Å². The number of aryl methyl sites for hydroxylation is 1. The summed E-state index contributed by atoms with van der Waals surface area (Å²) in [5.41, 5.74) is 0.141. The number of nitrogens with one attached hydrogen (secondary N) is 2. The maximum Gasteiger partial charge on any atom is 0.270 e. The van der Waals surface area contributed by atoms with Crippen LogP contribution in [-0.4, -0.2) is 34.4 Å². The van der Waals surface area contributed by atoms with E-state index in [1.54, 1.807) is 19.1 Å². The van der Waals surface area contributed by atoms with Gasteiger partial charge in [0.15, 0.2) is 0 Å². The van der Waals surface area contributed by atoms with Gasteiger partial charge in [-0.25, -0.2) is 27.5 Å². The molecule has 2 heterocycles. The second-order valence-electron chi connectivity index (χ2n) is 9.11. The summed E-state index contributed by atoms with van der Waals surface area (Å²) < 4.78 is 59.8. The standard InChI is InChI=1S/C24H28F4N4O2/c1-14-30-17(12-19(33)32-24(8-9-24)22(25)26)20(18-7-4-10-34-18)21(31-14)29-13-15-5-3-6-16(11-15)23(2,27)28/h3,5-6,11,18,22H,4,7-10,12-13H2,1-2H3,(H,32,33)(H,29,30,31). The molecule has 1 aromatic carbocycles. The minimum Gasteiger partial charge on any atom is -0.373 e. The fourth-order valence-electron chi connectivity index (χ4n) is 4.20. The molecule has 1 aromatic heterocycles. The van der Waals surface area contributed by atoms with Crippen LogP contribution in [0.2, 0.25) is 0 Å². The minimum absolute atomic E-state index is 0.0876. The fraction of sp³-hybridized carbons (Fsp3) is 0.542. The number of anilines is 1.